The molecule has 0 amide bonds. The molecule has 3 nitrogen and oxygen atoms in total. The molecule has 3 rings (SSSR count). The summed E-state index contributed by atoms with van der Waals surface area (Å²) in [5.41, 5.74) is 6.49. The number of thiophene rings is 1. The average molecular weight is 304 g/mol. The third-order valence-electron chi connectivity index (χ3n) is 4.22. The molecular formula is C17H24N2OS. The van der Waals surface area contributed by atoms with Gasteiger partial charge < -0.3 is 10.2 Å². The van der Waals surface area contributed by atoms with Gasteiger partial charge in [-0.15, -0.1) is 11.3 Å². The van der Waals surface area contributed by atoms with E-state index in [9.17, 15) is 0 Å². The number of hydrogen-bond donors (Lipinski definition) is 1. The van der Waals surface area contributed by atoms with Crippen LogP contribution in [0.5, 0.6) is 0 Å². The van der Waals surface area contributed by atoms with Crippen molar-refractivity contribution in [2.45, 2.75) is 57.8 Å². The Morgan fingerprint density at radius 3 is 2.71 bits per heavy atom. The first-order chi connectivity index (χ1) is 10.2. The van der Waals surface area contributed by atoms with E-state index in [1.807, 2.05) is 17.4 Å². The minimum absolute atomic E-state index is 0.165. The molecule has 2 aromatic heterocycles. The van der Waals surface area contributed by atoms with Crippen LogP contribution in [0.4, 0.5) is 0 Å². The van der Waals surface area contributed by atoms with E-state index in [1.165, 1.54) is 22.6 Å². The minimum atomic E-state index is 0.165. The zero-order valence-corrected chi connectivity index (χ0v) is 13.6. The van der Waals surface area contributed by atoms with E-state index in [-0.39, 0.29) is 6.04 Å². The molecule has 0 radical (unpaired) electrons. The van der Waals surface area contributed by atoms with E-state index < -0.39 is 0 Å². The SMILES string of the molecule is CCC(N)C(c1ccc(C)s1)N(Cc1ccco1)C1CC1. The minimum Gasteiger partial charge on any atom is -0.468 e. The van der Waals surface area contributed by atoms with Crippen molar-refractivity contribution in [2.24, 2.45) is 5.73 Å². The topological polar surface area (TPSA) is 42.4 Å². The van der Waals surface area contributed by atoms with Gasteiger partial charge in [-0.3, -0.25) is 4.90 Å². The molecule has 0 aromatic carbocycles. The van der Waals surface area contributed by atoms with Crippen LogP contribution >= 0.6 is 11.3 Å². The van der Waals surface area contributed by atoms with Crippen LogP contribution in [0, 0.1) is 6.92 Å². The molecule has 0 spiro atoms. The van der Waals surface area contributed by atoms with Gasteiger partial charge >= 0.3 is 0 Å². The predicted octanol–water partition coefficient (Wildman–Crippen LogP) is 4.09. The molecule has 1 fully saturated rings. The normalized spacial score (nSPS) is 18.1. The molecule has 2 aromatic rings. The van der Waals surface area contributed by atoms with Crippen LogP contribution in [0.25, 0.3) is 0 Å². The smallest absolute Gasteiger partial charge is 0.117 e. The highest BCUT2D eigenvalue weighted by molar-refractivity contribution is 7.12. The van der Waals surface area contributed by atoms with Gasteiger partial charge in [0.2, 0.25) is 0 Å². The summed E-state index contributed by atoms with van der Waals surface area (Å²) in [4.78, 5) is 5.30. The maximum absolute atomic E-state index is 6.49. The van der Waals surface area contributed by atoms with Crippen LogP contribution < -0.4 is 5.73 Å². The maximum atomic E-state index is 6.49. The van der Waals surface area contributed by atoms with E-state index >= 15 is 0 Å². The highest BCUT2D eigenvalue weighted by atomic mass is 32.1. The molecule has 1 saturated carbocycles. The van der Waals surface area contributed by atoms with Gasteiger partial charge in [0.1, 0.15) is 5.76 Å². The number of nitrogens with zero attached hydrogens (tertiary/aromatic N) is 1. The van der Waals surface area contributed by atoms with Crippen LogP contribution in [0.2, 0.25) is 0 Å². The molecule has 21 heavy (non-hydrogen) atoms. The molecule has 1 aliphatic carbocycles. The molecular weight excluding hydrogens is 280 g/mol. The second kappa shape index (κ2) is 6.34. The first kappa shape index (κ1) is 14.8. The number of furan rings is 1. The predicted molar refractivity (Wildman–Crippen MR) is 87.3 cm³/mol. The second-order valence-corrected chi connectivity index (χ2v) is 7.27. The van der Waals surface area contributed by atoms with Gasteiger partial charge in [-0.05, 0) is 50.5 Å². The van der Waals surface area contributed by atoms with Gasteiger partial charge in [0.25, 0.3) is 0 Å². The summed E-state index contributed by atoms with van der Waals surface area (Å²) in [5, 5.41) is 0. The van der Waals surface area contributed by atoms with Crippen molar-refractivity contribution in [3.8, 4) is 0 Å². The van der Waals surface area contributed by atoms with Crippen LogP contribution in [0.15, 0.2) is 34.9 Å². The van der Waals surface area contributed by atoms with Crippen molar-refractivity contribution in [2.75, 3.05) is 0 Å². The Hall–Kier alpha value is -1.10. The van der Waals surface area contributed by atoms with E-state index in [0.29, 0.717) is 12.1 Å². The third kappa shape index (κ3) is 3.39. The van der Waals surface area contributed by atoms with Gasteiger partial charge in [0.05, 0.1) is 18.8 Å². The van der Waals surface area contributed by atoms with E-state index in [1.54, 1.807) is 6.26 Å². The highest BCUT2D eigenvalue weighted by Crippen LogP contribution is 2.39. The van der Waals surface area contributed by atoms with E-state index in [0.717, 1.165) is 18.7 Å². The number of hydrogen-bond acceptors (Lipinski definition) is 4. The summed E-state index contributed by atoms with van der Waals surface area (Å²) in [5.74, 6) is 1.03. The molecule has 114 valence electrons. The average Bonchev–Trinajstić information content (AvgIpc) is 3.03. The first-order valence-electron chi connectivity index (χ1n) is 7.79. The fraction of sp³-hybridized carbons (Fsp3) is 0.529. The van der Waals surface area contributed by atoms with Crippen molar-refractivity contribution in [1.29, 1.82) is 0 Å². The van der Waals surface area contributed by atoms with Crippen molar-refractivity contribution < 1.29 is 4.42 Å². The van der Waals surface area contributed by atoms with Crippen LogP contribution in [0.1, 0.15) is 47.7 Å². The lowest BCUT2D eigenvalue weighted by molar-refractivity contribution is 0.142. The lowest BCUT2D eigenvalue weighted by Gasteiger charge is -2.34. The zero-order valence-electron chi connectivity index (χ0n) is 12.8. The summed E-state index contributed by atoms with van der Waals surface area (Å²) < 4.78 is 5.57. The van der Waals surface area contributed by atoms with Crippen molar-refractivity contribution >= 4 is 11.3 Å². The fourth-order valence-corrected chi connectivity index (χ4v) is 3.97. The van der Waals surface area contributed by atoms with Crippen LogP contribution in [-0.4, -0.2) is 17.0 Å². The molecule has 0 aliphatic heterocycles. The Morgan fingerprint density at radius 2 is 2.19 bits per heavy atom. The van der Waals surface area contributed by atoms with E-state index in [2.05, 4.69) is 36.9 Å². The molecule has 0 saturated heterocycles. The molecule has 2 unspecified atom stereocenters. The summed E-state index contributed by atoms with van der Waals surface area (Å²) in [6, 6.07) is 9.59. The third-order valence-corrected chi connectivity index (χ3v) is 5.29. The fourth-order valence-electron chi connectivity index (χ4n) is 2.90. The number of rotatable bonds is 7. The summed E-state index contributed by atoms with van der Waals surface area (Å²) in [6.07, 6.45) is 5.30. The molecule has 2 heterocycles. The molecule has 2 N–H and O–H groups in total. The Morgan fingerprint density at radius 1 is 1.38 bits per heavy atom. The van der Waals surface area contributed by atoms with Gasteiger partial charge in [-0.2, -0.15) is 0 Å². The molecule has 4 heteroatoms. The van der Waals surface area contributed by atoms with Gasteiger partial charge in [-0.25, -0.2) is 0 Å². The highest BCUT2D eigenvalue weighted by Gasteiger charge is 2.37. The Bertz CT molecular complexity index is 559. The zero-order chi connectivity index (χ0) is 14.8. The molecule has 2 atom stereocenters. The molecule has 0 bridgehead atoms. The first-order valence-corrected chi connectivity index (χ1v) is 8.60. The standard InChI is InChI=1S/C17H24N2OS/c1-3-15(18)17(16-9-6-12(2)21-16)19(13-7-8-13)11-14-5-4-10-20-14/h4-6,9-10,13,15,17H,3,7-8,11,18H2,1-2H3. The maximum Gasteiger partial charge on any atom is 0.117 e. The van der Waals surface area contributed by atoms with E-state index in [4.69, 9.17) is 10.2 Å². The summed E-state index contributed by atoms with van der Waals surface area (Å²) in [7, 11) is 0. The summed E-state index contributed by atoms with van der Waals surface area (Å²) >= 11 is 1.87. The summed E-state index contributed by atoms with van der Waals surface area (Å²) in [6.45, 7) is 5.19. The van der Waals surface area contributed by atoms with Crippen molar-refractivity contribution in [1.82, 2.24) is 4.90 Å². The quantitative estimate of drug-likeness (QED) is 0.837. The Labute approximate surface area is 130 Å². The monoisotopic (exact) mass is 304 g/mol. The lowest BCUT2D eigenvalue weighted by atomic mass is 10.0. The van der Waals surface area contributed by atoms with Crippen LogP contribution in [-0.2, 0) is 6.54 Å². The van der Waals surface area contributed by atoms with Gasteiger partial charge in [-0.1, -0.05) is 6.92 Å². The van der Waals surface area contributed by atoms with Crippen LogP contribution in [0.3, 0.4) is 0 Å². The largest absolute Gasteiger partial charge is 0.468 e. The number of nitrogens with two attached hydrogens (primary N) is 1. The number of aryl methyl sites for hydroxylation is 1. The van der Waals surface area contributed by atoms with Crippen molar-refractivity contribution in [3.05, 3.63) is 46.0 Å². The Balaban J connectivity index is 1.88. The van der Waals surface area contributed by atoms with Crippen molar-refractivity contribution in [3.63, 3.8) is 0 Å². The lowest BCUT2D eigenvalue weighted by Crippen LogP contribution is -2.41. The second-order valence-electron chi connectivity index (χ2n) is 5.95. The van der Waals surface area contributed by atoms with Gasteiger partial charge in [0, 0.05) is 21.8 Å². The molecule has 1 aliphatic rings. The Kier molecular flexibility index (Phi) is 4.48. The van der Waals surface area contributed by atoms with Gasteiger partial charge in [0.15, 0.2) is 0 Å².